The van der Waals surface area contributed by atoms with Gasteiger partial charge in [-0.15, -0.1) is 0 Å². The third-order valence-corrected chi connectivity index (χ3v) is 8.96. The van der Waals surface area contributed by atoms with Crippen LogP contribution in [-0.2, 0) is 4.74 Å². The van der Waals surface area contributed by atoms with Crippen LogP contribution >= 0.6 is 0 Å². The Morgan fingerprint density at radius 1 is 1.07 bits per heavy atom. The molecule has 0 unspecified atom stereocenters. The Labute approximate surface area is 257 Å². The number of likely N-dealkylation sites (tertiary alicyclic amines) is 2. The van der Waals surface area contributed by atoms with Crippen LogP contribution in [0.15, 0.2) is 40.9 Å². The molecule has 0 bridgehead atoms. The molecule has 2 saturated heterocycles. The first-order valence-electron chi connectivity index (χ1n) is 15.8. The number of carbonyl (C=O) groups excluding carboxylic acids is 2. The molecule has 44 heavy (non-hydrogen) atoms. The number of hydrogen-bond acceptors (Lipinski definition) is 8. The number of rotatable bonds is 7. The minimum absolute atomic E-state index is 0.0675. The Hall–Kier alpha value is -3.66. The van der Waals surface area contributed by atoms with Crippen molar-refractivity contribution >= 4 is 22.8 Å². The highest BCUT2D eigenvalue weighted by Gasteiger charge is 2.44. The predicted octanol–water partition coefficient (Wildman–Crippen LogP) is 6.74. The van der Waals surface area contributed by atoms with Gasteiger partial charge in [-0.1, -0.05) is 5.16 Å². The number of nitrogens with zero attached hydrogens (tertiary/aromatic N) is 3. The molecular formula is C34H42FN3O6. The number of fused-ring (bicyclic) bond motifs is 2. The van der Waals surface area contributed by atoms with Gasteiger partial charge in [0.1, 0.15) is 28.5 Å². The normalized spacial score (nSPS) is 19.2. The second kappa shape index (κ2) is 12.4. The fraction of sp³-hybridized carbons (Fsp3) is 0.559. The second-order valence-electron chi connectivity index (χ2n) is 13.4. The summed E-state index contributed by atoms with van der Waals surface area (Å²) in [7, 11) is 0. The fourth-order valence-electron chi connectivity index (χ4n) is 6.55. The molecule has 0 radical (unpaired) electrons. The van der Waals surface area contributed by atoms with E-state index in [9.17, 15) is 14.0 Å². The van der Waals surface area contributed by atoms with Crippen molar-refractivity contribution in [1.82, 2.24) is 15.0 Å². The lowest BCUT2D eigenvalue weighted by Gasteiger charge is -2.44. The van der Waals surface area contributed by atoms with Crippen LogP contribution in [-0.4, -0.2) is 77.4 Å². The van der Waals surface area contributed by atoms with Gasteiger partial charge in [-0.2, -0.15) is 0 Å². The minimum Gasteiger partial charge on any atom is -0.493 e. The summed E-state index contributed by atoms with van der Waals surface area (Å²) in [4.78, 5) is 29.7. The van der Waals surface area contributed by atoms with E-state index in [4.69, 9.17) is 18.7 Å². The summed E-state index contributed by atoms with van der Waals surface area (Å²) in [5.41, 5.74) is 0.899. The standard InChI is InChI=1S/C34H42FN3O6/c1-33(2,3)43-32(40)38-17-12-34(13-18-38)22-28(39)26-9-7-25(21-29(26)42-34)41-19-5-4-14-37-15-10-23(11-16-37)31-27-8-6-24(35)20-30(27)44-36-31/h6-9,20-21,23H,4-5,10-19,22H2,1-3H3. The summed E-state index contributed by atoms with van der Waals surface area (Å²) in [6.07, 6.45) is 5.09. The lowest BCUT2D eigenvalue weighted by atomic mass is 9.82. The summed E-state index contributed by atoms with van der Waals surface area (Å²) < 4.78 is 36.9. The highest BCUT2D eigenvalue weighted by atomic mass is 19.1. The maximum Gasteiger partial charge on any atom is 0.410 e. The van der Waals surface area contributed by atoms with Crippen LogP contribution in [0.3, 0.4) is 0 Å². The van der Waals surface area contributed by atoms with E-state index >= 15 is 0 Å². The van der Waals surface area contributed by atoms with E-state index in [1.165, 1.54) is 12.1 Å². The van der Waals surface area contributed by atoms with E-state index in [1.54, 1.807) is 17.0 Å². The van der Waals surface area contributed by atoms with Crippen LogP contribution in [0.1, 0.15) is 87.7 Å². The van der Waals surface area contributed by atoms with Crippen LogP contribution < -0.4 is 9.47 Å². The lowest BCUT2D eigenvalue weighted by Crippen LogP contribution is -2.52. The van der Waals surface area contributed by atoms with Gasteiger partial charge in [0, 0.05) is 49.4 Å². The van der Waals surface area contributed by atoms with Crippen LogP contribution in [0.25, 0.3) is 11.0 Å². The number of benzene rings is 2. The van der Waals surface area contributed by atoms with Crippen molar-refractivity contribution in [3.8, 4) is 11.5 Å². The fourth-order valence-corrected chi connectivity index (χ4v) is 6.55. The van der Waals surface area contributed by atoms with E-state index < -0.39 is 11.2 Å². The Morgan fingerprint density at radius 2 is 1.84 bits per heavy atom. The number of ketones is 1. The van der Waals surface area contributed by atoms with Crippen LogP contribution in [0.5, 0.6) is 11.5 Å². The number of aromatic nitrogens is 1. The molecule has 10 heteroatoms. The van der Waals surface area contributed by atoms with E-state index in [0.717, 1.165) is 56.4 Å². The molecule has 3 aliphatic heterocycles. The molecular weight excluding hydrogens is 565 g/mol. The van der Waals surface area contributed by atoms with Crippen molar-refractivity contribution < 1.29 is 32.7 Å². The molecule has 3 aliphatic rings. The summed E-state index contributed by atoms with van der Waals surface area (Å²) in [6.45, 7) is 10.1. The molecule has 0 saturated carbocycles. The molecule has 2 fully saturated rings. The van der Waals surface area contributed by atoms with E-state index in [2.05, 4.69) is 10.1 Å². The number of Topliss-reactive ketones (excluding diaryl/α,β-unsaturated/α-hetero) is 1. The van der Waals surface area contributed by atoms with Gasteiger partial charge < -0.3 is 28.5 Å². The van der Waals surface area contributed by atoms with E-state index in [-0.39, 0.29) is 17.7 Å². The predicted molar refractivity (Wildman–Crippen MR) is 163 cm³/mol. The van der Waals surface area contributed by atoms with Crippen molar-refractivity contribution in [1.29, 1.82) is 0 Å². The topological polar surface area (TPSA) is 94.3 Å². The average Bonchev–Trinajstić information content (AvgIpc) is 3.39. The monoisotopic (exact) mass is 607 g/mol. The summed E-state index contributed by atoms with van der Waals surface area (Å²) in [6, 6.07) is 10.1. The highest BCUT2D eigenvalue weighted by Crippen LogP contribution is 2.41. The van der Waals surface area contributed by atoms with E-state index in [1.807, 2.05) is 32.9 Å². The van der Waals surface area contributed by atoms with Crippen LogP contribution in [0.2, 0.25) is 0 Å². The lowest BCUT2D eigenvalue weighted by molar-refractivity contribution is -0.0227. The molecule has 0 aliphatic carbocycles. The molecule has 236 valence electrons. The highest BCUT2D eigenvalue weighted by molar-refractivity contribution is 6.00. The molecule has 2 aromatic carbocycles. The first kappa shape index (κ1) is 30.4. The van der Waals surface area contributed by atoms with E-state index in [0.29, 0.717) is 67.5 Å². The summed E-state index contributed by atoms with van der Waals surface area (Å²) in [5, 5.41) is 5.17. The minimum atomic E-state index is -0.604. The molecule has 1 spiro atoms. The molecule has 9 nitrogen and oxygen atoms in total. The SMILES string of the molecule is CC(C)(C)OC(=O)N1CCC2(CC1)CC(=O)c1ccc(OCCCCN3CCC(c4noc5cc(F)ccc45)CC3)cc1O2. The van der Waals surface area contributed by atoms with Gasteiger partial charge in [-0.05, 0) is 90.4 Å². The van der Waals surface area contributed by atoms with Crippen molar-refractivity contribution in [2.75, 3.05) is 39.3 Å². The molecule has 3 aromatic rings. The zero-order chi connectivity index (χ0) is 30.9. The Bertz CT molecular complexity index is 1500. The van der Waals surface area contributed by atoms with Crippen molar-refractivity contribution in [3.63, 3.8) is 0 Å². The van der Waals surface area contributed by atoms with Crippen molar-refractivity contribution in [3.05, 3.63) is 53.5 Å². The number of ether oxygens (including phenoxy) is 3. The molecule has 6 rings (SSSR count). The number of unbranched alkanes of at least 4 members (excludes halogenated alkanes) is 1. The Balaban J connectivity index is 0.938. The van der Waals surface area contributed by atoms with Crippen molar-refractivity contribution in [2.24, 2.45) is 0 Å². The number of amides is 1. The third kappa shape index (κ3) is 6.85. The van der Waals surface area contributed by atoms with Crippen molar-refractivity contribution in [2.45, 2.75) is 82.8 Å². The van der Waals surface area contributed by atoms with Gasteiger partial charge in [-0.3, -0.25) is 4.79 Å². The largest absolute Gasteiger partial charge is 0.493 e. The number of carbonyl (C=O) groups is 2. The molecule has 4 heterocycles. The maximum atomic E-state index is 13.5. The van der Waals surface area contributed by atoms with Gasteiger partial charge in [-0.25, -0.2) is 9.18 Å². The van der Waals surface area contributed by atoms with Gasteiger partial charge in [0.15, 0.2) is 11.4 Å². The smallest absolute Gasteiger partial charge is 0.410 e. The third-order valence-electron chi connectivity index (χ3n) is 8.96. The summed E-state index contributed by atoms with van der Waals surface area (Å²) >= 11 is 0. The Morgan fingerprint density at radius 3 is 2.59 bits per heavy atom. The molecule has 1 amide bonds. The molecule has 0 N–H and O–H groups in total. The first-order chi connectivity index (χ1) is 21.1. The Kier molecular flexibility index (Phi) is 8.55. The van der Waals surface area contributed by atoms with Gasteiger partial charge in [0.05, 0.1) is 24.3 Å². The molecule has 0 atom stereocenters. The maximum absolute atomic E-state index is 13.5. The first-order valence-corrected chi connectivity index (χ1v) is 15.8. The zero-order valence-electron chi connectivity index (χ0n) is 25.9. The number of halogens is 1. The number of hydrogen-bond donors (Lipinski definition) is 0. The quantitative estimate of drug-likeness (QED) is 0.273. The zero-order valence-corrected chi connectivity index (χ0v) is 25.9. The van der Waals surface area contributed by atoms with Crippen LogP contribution in [0.4, 0.5) is 9.18 Å². The number of piperidine rings is 2. The van der Waals surface area contributed by atoms with Gasteiger partial charge in [0.2, 0.25) is 0 Å². The van der Waals surface area contributed by atoms with Gasteiger partial charge >= 0.3 is 6.09 Å². The second-order valence-corrected chi connectivity index (χ2v) is 13.4. The van der Waals surface area contributed by atoms with Gasteiger partial charge in [0.25, 0.3) is 0 Å². The summed E-state index contributed by atoms with van der Waals surface area (Å²) in [5.74, 6) is 1.35. The molecule has 1 aromatic heterocycles. The van der Waals surface area contributed by atoms with Crippen LogP contribution in [0, 0.1) is 5.82 Å². The average molecular weight is 608 g/mol.